The molecule has 0 amide bonds. The molecule has 0 bridgehead atoms. The number of hydrogen-bond donors (Lipinski definition) is 1. The van der Waals surface area contributed by atoms with Gasteiger partial charge in [-0.15, -0.1) is 0 Å². The molecule has 11 heavy (non-hydrogen) atoms. The van der Waals surface area contributed by atoms with Crippen LogP contribution in [0.25, 0.3) is 0 Å². The second-order valence-electron chi connectivity index (χ2n) is 3.15. The summed E-state index contributed by atoms with van der Waals surface area (Å²) in [6.45, 7) is 9.90. The van der Waals surface area contributed by atoms with E-state index in [1.807, 2.05) is 0 Å². The van der Waals surface area contributed by atoms with Crippen LogP contribution in [0.1, 0.15) is 33.6 Å². The molecular weight excluding hydrogens is 136 g/mol. The molecule has 68 valence electrons. The van der Waals surface area contributed by atoms with Crippen molar-refractivity contribution in [3.63, 3.8) is 0 Å². The van der Waals surface area contributed by atoms with E-state index in [4.69, 9.17) is 5.73 Å². The Morgan fingerprint density at radius 1 is 1.36 bits per heavy atom. The smallest absolute Gasteiger partial charge is 0.0180 e. The molecule has 2 N–H and O–H groups in total. The molecule has 0 aromatic rings. The predicted octanol–water partition coefficient (Wildman–Crippen LogP) is 1.46. The second-order valence-corrected chi connectivity index (χ2v) is 3.15. The van der Waals surface area contributed by atoms with Gasteiger partial charge in [-0.1, -0.05) is 27.2 Å². The van der Waals surface area contributed by atoms with E-state index in [0.717, 1.165) is 13.1 Å². The first kappa shape index (κ1) is 10.9. The van der Waals surface area contributed by atoms with Crippen LogP contribution in [-0.2, 0) is 0 Å². The van der Waals surface area contributed by atoms with Crippen LogP contribution in [0.2, 0.25) is 0 Å². The first-order valence-corrected chi connectivity index (χ1v) is 4.72. The first-order chi connectivity index (χ1) is 5.24. The maximum Gasteiger partial charge on any atom is 0.0180 e. The summed E-state index contributed by atoms with van der Waals surface area (Å²) in [4.78, 5) is 2.38. The zero-order valence-electron chi connectivity index (χ0n) is 8.14. The van der Waals surface area contributed by atoms with Gasteiger partial charge in [-0.25, -0.2) is 0 Å². The minimum absolute atomic E-state index is 0.454. The SMILES string of the molecule is CCC.CCN1CC[C@H](N)C1. The molecule has 0 saturated carbocycles. The van der Waals surface area contributed by atoms with Gasteiger partial charge in [-0.3, -0.25) is 0 Å². The summed E-state index contributed by atoms with van der Waals surface area (Å²) in [6, 6.07) is 0.454. The molecule has 0 radical (unpaired) electrons. The van der Waals surface area contributed by atoms with Gasteiger partial charge in [0.15, 0.2) is 0 Å². The summed E-state index contributed by atoms with van der Waals surface area (Å²) in [6.07, 6.45) is 2.44. The standard InChI is InChI=1S/C6H14N2.C3H8/c1-2-8-4-3-6(7)5-8;1-3-2/h6H,2-5,7H2,1H3;3H2,1-2H3/t6-;/m0./s1. The fraction of sp³-hybridized carbons (Fsp3) is 1.00. The van der Waals surface area contributed by atoms with Crippen molar-refractivity contribution in [2.45, 2.75) is 39.7 Å². The number of rotatable bonds is 1. The minimum Gasteiger partial charge on any atom is -0.326 e. The highest BCUT2D eigenvalue weighted by Gasteiger charge is 2.16. The highest BCUT2D eigenvalue weighted by molar-refractivity contribution is 4.76. The van der Waals surface area contributed by atoms with Crippen LogP contribution in [0.5, 0.6) is 0 Å². The first-order valence-electron chi connectivity index (χ1n) is 4.72. The van der Waals surface area contributed by atoms with Crippen molar-refractivity contribution in [1.29, 1.82) is 0 Å². The Kier molecular flexibility index (Phi) is 6.57. The van der Waals surface area contributed by atoms with Gasteiger partial charge in [0.25, 0.3) is 0 Å². The van der Waals surface area contributed by atoms with Crippen LogP contribution in [0.3, 0.4) is 0 Å². The van der Waals surface area contributed by atoms with E-state index in [-0.39, 0.29) is 0 Å². The average molecular weight is 158 g/mol. The highest BCUT2D eigenvalue weighted by Crippen LogP contribution is 2.04. The maximum absolute atomic E-state index is 5.66. The van der Waals surface area contributed by atoms with E-state index in [9.17, 15) is 0 Å². The van der Waals surface area contributed by atoms with Crippen LogP contribution in [-0.4, -0.2) is 30.6 Å². The van der Waals surface area contributed by atoms with Gasteiger partial charge in [0.1, 0.15) is 0 Å². The average Bonchev–Trinajstić information content (AvgIpc) is 2.37. The van der Waals surface area contributed by atoms with E-state index in [1.54, 1.807) is 0 Å². The quantitative estimate of drug-likeness (QED) is 0.626. The molecule has 1 rings (SSSR count). The molecule has 1 heterocycles. The van der Waals surface area contributed by atoms with Gasteiger partial charge in [0.2, 0.25) is 0 Å². The molecule has 1 fully saturated rings. The fourth-order valence-corrected chi connectivity index (χ4v) is 1.15. The van der Waals surface area contributed by atoms with E-state index in [0.29, 0.717) is 6.04 Å². The van der Waals surface area contributed by atoms with E-state index >= 15 is 0 Å². The van der Waals surface area contributed by atoms with Crippen molar-refractivity contribution >= 4 is 0 Å². The molecule has 2 heteroatoms. The van der Waals surface area contributed by atoms with Crippen molar-refractivity contribution < 1.29 is 0 Å². The molecule has 1 atom stereocenters. The molecule has 0 aromatic heterocycles. The van der Waals surface area contributed by atoms with Crippen molar-refractivity contribution in [2.75, 3.05) is 19.6 Å². The number of likely N-dealkylation sites (tertiary alicyclic amines) is 1. The third kappa shape index (κ3) is 5.22. The fourth-order valence-electron chi connectivity index (χ4n) is 1.15. The zero-order chi connectivity index (χ0) is 8.69. The van der Waals surface area contributed by atoms with E-state index in [2.05, 4.69) is 25.7 Å². The number of likely N-dealkylation sites (N-methyl/N-ethyl adjacent to an activating group) is 1. The minimum atomic E-state index is 0.454. The van der Waals surface area contributed by atoms with Gasteiger partial charge in [-0.05, 0) is 19.5 Å². The summed E-state index contributed by atoms with van der Waals surface area (Å²) in [7, 11) is 0. The predicted molar refractivity (Wildman–Crippen MR) is 50.7 cm³/mol. The molecule has 2 nitrogen and oxygen atoms in total. The number of nitrogens with two attached hydrogens (primary N) is 1. The lowest BCUT2D eigenvalue weighted by Gasteiger charge is -2.09. The lowest BCUT2D eigenvalue weighted by molar-refractivity contribution is 0.354. The molecule has 1 saturated heterocycles. The Bertz CT molecular complexity index is 83.6. The van der Waals surface area contributed by atoms with Crippen LogP contribution in [0.15, 0.2) is 0 Å². The van der Waals surface area contributed by atoms with Gasteiger partial charge in [0.05, 0.1) is 0 Å². The topological polar surface area (TPSA) is 29.3 Å². The van der Waals surface area contributed by atoms with Crippen molar-refractivity contribution in [3.05, 3.63) is 0 Å². The summed E-state index contributed by atoms with van der Waals surface area (Å²) in [5.74, 6) is 0. The van der Waals surface area contributed by atoms with Crippen LogP contribution in [0, 0.1) is 0 Å². The largest absolute Gasteiger partial charge is 0.326 e. The van der Waals surface area contributed by atoms with Gasteiger partial charge < -0.3 is 10.6 Å². The third-order valence-electron chi connectivity index (χ3n) is 1.76. The van der Waals surface area contributed by atoms with Crippen LogP contribution < -0.4 is 5.73 Å². The Hall–Kier alpha value is -0.0800. The van der Waals surface area contributed by atoms with Crippen molar-refractivity contribution in [1.82, 2.24) is 4.90 Å². The summed E-state index contributed by atoms with van der Waals surface area (Å²) >= 11 is 0. The Morgan fingerprint density at radius 2 is 1.91 bits per heavy atom. The zero-order valence-corrected chi connectivity index (χ0v) is 8.14. The van der Waals surface area contributed by atoms with Crippen LogP contribution in [0.4, 0.5) is 0 Å². The monoisotopic (exact) mass is 158 g/mol. The molecule has 1 aliphatic rings. The highest BCUT2D eigenvalue weighted by atomic mass is 15.2. The van der Waals surface area contributed by atoms with Gasteiger partial charge in [0, 0.05) is 12.6 Å². The summed E-state index contributed by atoms with van der Waals surface area (Å²) in [5, 5.41) is 0. The molecule has 0 aromatic carbocycles. The molecule has 0 aliphatic carbocycles. The van der Waals surface area contributed by atoms with Gasteiger partial charge >= 0.3 is 0 Å². The van der Waals surface area contributed by atoms with E-state index in [1.165, 1.54) is 19.4 Å². The maximum atomic E-state index is 5.66. The normalized spacial score (nSPS) is 24.5. The molecule has 1 aliphatic heterocycles. The number of hydrogen-bond acceptors (Lipinski definition) is 2. The third-order valence-corrected chi connectivity index (χ3v) is 1.76. The Balaban J connectivity index is 0.000000292. The van der Waals surface area contributed by atoms with Crippen molar-refractivity contribution in [3.8, 4) is 0 Å². The Labute approximate surface area is 70.8 Å². The summed E-state index contributed by atoms with van der Waals surface area (Å²) in [5.41, 5.74) is 5.66. The van der Waals surface area contributed by atoms with Crippen LogP contribution >= 0.6 is 0 Å². The summed E-state index contributed by atoms with van der Waals surface area (Å²) < 4.78 is 0. The Morgan fingerprint density at radius 3 is 2.09 bits per heavy atom. The van der Waals surface area contributed by atoms with Crippen molar-refractivity contribution in [2.24, 2.45) is 5.73 Å². The van der Waals surface area contributed by atoms with E-state index < -0.39 is 0 Å². The second kappa shape index (κ2) is 6.62. The van der Waals surface area contributed by atoms with Gasteiger partial charge in [-0.2, -0.15) is 0 Å². The molecule has 0 unspecified atom stereocenters. The molecule has 0 spiro atoms. The number of nitrogens with zero attached hydrogens (tertiary/aromatic N) is 1. The lowest BCUT2D eigenvalue weighted by atomic mass is 10.3. The lowest BCUT2D eigenvalue weighted by Crippen LogP contribution is -2.26. The molecular formula is C9H22N2.